The predicted molar refractivity (Wildman–Crippen MR) is 72.9 cm³/mol. The van der Waals surface area contributed by atoms with Crippen LogP contribution in [0.4, 0.5) is 5.69 Å². The van der Waals surface area contributed by atoms with Crippen molar-refractivity contribution in [3.05, 3.63) is 42.0 Å². The molecule has 0 aliphatic heterocycles. The highest BCUT2D eigenvalue weighted by Crippen LogP contribution is 2.14. The van der Waals surface area contributed by atoms with Gasteiger partial charge < -0.3 is 10.5 Å². The third kappa shape index (κ3) is 4.59. The van der Waals surface area contributed by atoms with Gasteiger partial charge in [-0.1, -0.05) is 18.2 Å². The van der Waals surface area contributed by atoms with E-state index < -0.39 is 0 Å². The van der Waals surface area contributed by atoms with Crippen molar-refractivity contribution in [3.63, 3.8) is 0 Å². The van der Waals surface area contributed by atoms with E-state index in [1.165, 1.54) is 5.56 Å². The van der Waals surface area contributed by atoms with Crippen LogP contribution >= 0.6 is 0 Å². The van der Waals surface area contributed by atoms with Crippen LogP contribution < -0.4 is 5.73 Å². The first-order valence-corrected chi connectivity index (χ1v) is 5.84. The van der Waals surface area contributed by atoms with Crippen LogP contribution in [-0.2, 0) is 11.3 Å². The number of methoxy groups -OCH3 is 1. The lowest BCUT2D eigenvalue weighted by atomic mass is 10.1. The molecule has 0 saturated carbocycles. The lowest BCUT2D eigenvalue weighted by Crippen LogP contribution is -2.27. The molecule has 0 bridgehead atoms. The maximum atomic E-state index is 5.91. The van der Waals surface area contributed by atoms with Crippen molar-refractivity contribution in [1.29, 1.82) is 0 Å². The van der Waals surface area contributed by atoms with Crippen molar-refractivity contribution in [3.8, 4) is 0 Å². The molecule has 0 aromatic heterocycles. The van der Waals surface area contributed by atoms with Gasteiger partial charge in [0.2, 0.25) is 0 Å². The zero-order chi connectivity index (χ0) is 12.7. The van der Waals surface area contributed by atoms with E-state index in [1.807, 2.05) is 19.1 Å². The first-order valence-electron chi connectivity index (χ1n) is 5.84. The van der Waals surface area contributed by atoms with Crippen molar-refractivity contribution >= 4 is 5.69 Å². The van der Waals surface area contributed by atoms with Crippen LogP contribution in [-0.4, -0.2) is 31.7 Å². The molecule has 0 atom stereocenters. The number of hydrogen-bond donors (Lipinski definition) is 1. The molecule has 0 fully saturated rings. The molecular weight excluding hydrogens is 212 g/mol. The number of hydrogen-bond acceptors (Lipinski definition) is 3. The van der Waals surface area contributed by atoms with E-state index in [1.54, 1.807) is 7.11 Å². The van der Waals surface area contributed by atoms with Gasteiger partial charge in [0.15, 0.2) is 0 Å². The second-order valence-electron chi connectivity index (χ2n) is 4.21. The van der Waals surface area contributed by atoms with Crippen molar-refractivity contribution in [2.24, 2.45) is 0 Å². The molecular formula is C14H22N2O. The monoisotopic (exact) mass is 234 g/mol. The highest BCUT2D eigenvalue weighted by atomic mass is 16.5. The van der Waals surface area contributed by atoms with Crippen LogP contribution in [0.1, 0.15) is 11.1 Å². The van der Waals surface area contributed by atoms with Gasteiger partial charge in [-0.3, -0.25) is 4.90 Å². The summed E-state index contributed by atoms with van der Waals surface area (Å²) in [5.74, 6) is 0. The molecule has 0 spiro atoms. The molecule has 1 aromatic rings. The predicted octanol–water partition coefficient (Wildman–Crippen LogP) is 2.21. The molecule has 1 rings (SSSR count). The summed E-state index contributed by atoms with van der Waals surface area (Å²) >= 11 is 0. The average Bonchev–Trinajstić information content (AvgIpc) is 2.31. The molecule has 3 nitrogen and oxygen atoms in total. The van der Waals surface area contributed by atoms with Gasteiger partial charge in [-0.15, -0.1) is 6.58 Å². The highest BCUT2D eigenvalue weighted by Gasteiger charge is 2.05. The molecule has 0 aliphatic carbocycles. The van der Waals surface area contributed by atoms with Crippen molar-refractivity contribution in [2.45, 2.75) is 13.5 Å². The summed E-state index contributed by atoms with van der Waals surface area (Å²) in [6.07, 6.45) is 1.91. The van der Waals surface area contributed by atoms with Crippen LogP contribution in [0.3, 0.4) is 0 Å². The molecule has 0 saturated heterocycles. The summed E-state index contributed by atoms with van der Waals surface area (Å²) in [5, 5.41) is 0. The van der Waals surface area contributed by atoms with Crippen LogP contribution in [0.25, 0.3) is 0 Å². The fourth-order valence-corrected chi connectivity index (χ4v) is 1.68. The zero-order valence-corrected chi connectivity index (χ0v) is 10.8. The minimum atomic E-state index is 0.731. The number of nitrogens with two attached hydrogens (primary N) is 1. The molecule has 94 valence electrons. The number of anilines is 1. The van der Waals surface area contributed by atoms with Crippen molar-refractivity contribution in [2.75, 3.05) is 32.5 Å². The van der Waals surface area contributed by atoms with Gasteiger partial charge >= 0.3 is 0 Å². The Kier molecular flexibility index (Phi) is 5.73. The van der Waals surface area contributed by atoms with Crippen LogP contribution in [0.15, 0.2) is 30.9 Å². The van der Waals surface area contributed by atoms with Gasteiger partial charge in [-0.25, -0.2) is 0 Å². The SMILES string of the molecule is C=CCN(CCOC)Cc1ccc(C)c(N)c1. The third-order valence-electron chi connectivity index (χ3n) is 2.75. The van der Waals surface area contributed by atoms with Crippen LogP contribution in [0.5, 0.6) is 0 Å². The smallest absolute Gasteiger partial charge is 0.0589 e. The normalized spacial score (nSPS) is 10.8. The Bertz CT molecular complexity index is 363. The highest BCUT2D eigenvalue weighted by molar-refractivity contribution is 5.48. The summed E-state index contributed by atoms with van der Waals surface area (Å²) in [6.45, 7) is 9.16. The fourth-order valence-electron chi connectivity index (χ4n) is 1.68. The molecule has 1 aromatic carbocycles. The summed E-state index contributed by atoms with van der Waals surface area (Å²) in [6, 6.07) is 6.22. The van der Waals surface area contributed by atoms with Crippen molar-refractivity contribution in [1.82, 2.24) is 4.90 Å². The maximum Gasteiger partial charge on any atom is 0.0589 e. The maximum absolute atomic E-state index is 5.91. The molecule has 17 heavy (non-hydrogen) atoms. The van der Waals surface area contributed by atoms with E-state index in [0.29, 0.717) is 0 Å². The lowest BCUT2D eigenvalue weighted by Gasteiger charge is -2.20. The van der Waals surface area contributed by atoms with E-state index in [0.717, 1.165) is 37.5 Å². The quantitative estimate of drug-likeness (QED) is 0.580. The van der Waals surface area contributed by atoms with Crippen LogP contribution in [0.2, 0.25) is 0 Å². The summed E-state index contributed by atoms with van der Waals surface area (Å²) in [5.41, 5.74) is 9.12. The standard InChI is InChI=1S/C14H22N2O/c1-4-7-16(8-9-17-3)11-13-6-5-12(2)14(15)10-13/h4-6,10H,1,7-9,11,15H2,2-3H3. The summed E-state index contributed by atoms with van der Waals surface area (Å²) in [7, 11) is 1.72. The van der Waals surface area contributed by atoms with E-state index >= 15 is 0 Å². The van der Waals surface area contributed by atoms with E-state index in [9.17, 15) is 0 Å². The largest absolute Gasteiger partial charge is 0.399 e. The van der Waals surface area contributed by atoms with Gasteiger partial charge in [0.25, 0.3) is 0 Å². The molecule has 0 heterocycles. The molecule has 0 amide bonds. The molecule has 0 unspecified atom stereocenters. The van der Waals surface area contributed by atoms with Gasteiger partial charge in [0, 0.05) is 32.4 Å². The van der Waals surface area contributed by atoms with Gasteiger partial charge in [-0.05, 0) is 24.1 Å². The topological polar surface area (TPSA) is 38.5 Å². The van der Waals surface area contributed by atoms with E-state index in [4.69, 9.17) is 10.5 Å². The Balaban J connectivity index is 2.64. The number of ether oxygens (including phenoxy) is 1. The summed E-state index contributed by atoms with van der Waals surface area (Å²) in [4.78, 5) is 2.28. The van der Waals surface area contributed by atoms with Gasteiger partial charge in [0.05, 0.1) is 6.61 Å². The average molecular weight is 234 g/mol. The molecule has 0 aliphatic rings. The Morgan fingerprint density at radius 2 is 2.24 bits per heavy atom. The van der Waals surface area contributed by atoms with Crippen molar-refractivity contribution < 1.29 is 4.74 Å². The van der Waals surface area contributed by atoms with Gasteiger partial charge in [-0.2, -0.15) is 0 Å². The Morgan fingerprint density at radius 1 is 1.47 bits per heavy atom. The molecule has 0 radical (unpaired) electrons. The second-order valence-corrected chi connectivity index (χ2v) is 4.21. The fraction of sp³-hybridized carbons (Fsp3) is 0.429. The number of aryl methyl sites for hydroxylation is 1. The van der Waals surface area contributed by atoms with E-state index in [-0.39, 0.29) is 0 Å². The number of nitrogens with zero attached hydrogens (tertiary/aromatic N) is 1. The Labute approximate surface area is 104 Å². The Morgan fingerprint density at radius 3 is 2.82 bits per heavy atom. The van der Waals surface area contributed by atoms with E-state index in [2.05, 4.69) is 23.6 Å². The molecule has 3 heteroatoms. The van der Waals surface area contributed by atoms with Gasteiger partial charge in [0.1, 0.15) is 0 Å². The second kappa shape index (κ2) is 7.09. The first kappa shape index (κ1) is 13.7. The minimum Gasteiger partial charge on any atom is -0.399 e. The van der Waals surface area contributed by atoms with Crippen LogP contribution in [0, 0.1) is 6.92 Å². The number of rotatable bonds is 7. The lowest BCUT2D eigenvalue weighted by molar-refractivity contribution is 0.151. The Hall–Kier alpha value is -1.32. The number of nitrogen functional groups attached to an aromatic ring is 1. The number of benzene rings is 1. The molecule has 2 N–H and O–H groups in total. The third-order valence-corrected chi connectivity index (χ3v) is 2.75. The minimum absolute atomic E-state index is 0.731. The summed E-state index contributed by atoms with van der Waals surface area (Å²) < 4.78 is 5.10. The zero-order valence-electron chi connectivity index (χ0n) is 10.8. The first-order chi connectivity index (χ1) is 8.17.